The van der Waals surface area contributed by atoms with Crippen molar-refractivity contribution in [3.05, 3.63) is 24.0 Å². The number of aliphatic hydroxyl groups excluding tert-OH is 1. The molecular weight excluding hydrogens is 256 g/mol. The number of halogens is 1. The van der Waals surface area contributed by atoms with Gasteiger partial charge in [-0.2, -0.15) is 15.0 Å². The van der Waals surface area contributed by atoms with Gasteiger partial charge in [-0.1, -0.05) is 0 Å². The summed E-state index contributed by atoms with van der Waals surface area (Å²) in [7, 11) is 0. The predicted octanol–water partition coefficient (Wildman–Crippen LogP) is 0.647. The monoisotopic (exact) mass is 266 g/mol. The van der Waals surface area contributed by atoms with Gasteiger partial charge in [-0.05, 0) is 24.4 Å². The van der Waals surface area contributed by atoms with Gasteiger partial charge in [0.2, 0.25) is 17.2 Å². The highest BCUT2D eigenvalue weighted by Gasteiger charge is 2.42. The van der Waals surface area contributed by atoms with Gasteiger partial charge < -0.3 is 10.4 Å². The Morgan fingerprint density at radius 3 is 2.83 bits per heavy atom. The number of rotatable bonds is 4. The van der Waals surface area contributed by atoms with Crippen molar-refractivity contribution in [1.29, 1.82) is 0 Å². The van der Waals surface area contributed by atoms with Crippen molar-refractivity contribution in [3.63, 3.8) is 0 Å². The lowest BCUT2D eigenvalue weighted by atomic mass is 10.3. The zero-order chi connectivity index (χ0) is 12.6. The zero-order valence-corrected chi connectivity index (χ0v) is 10.2. The summed E-state index contributed by atoms with van der Waals surface area (Å²) < 4.78 is 1.64. The van der Waals surface area contributed by atoms with Crippen LogP contribution in [0.2, 0.25) is 5.28 Å². The van der Waals surface area contributed by atoms with E-state index < -0.39 is 0 Å². The van der Waals surface area contributed by atoms with Gasteiger partial charge >= 0.3 is 0 Å². The van der Waals surface area contributed by atoms with Crippen LogP contribution >= 0.6 is 11.6 Å². The van der Waals surface area contributed by atoms with E-state index in [4.69, 9.17) is 11.6 Å². The van der Waals surface area contributed by atoms with Gasteiger partial charge in [0.15, 0.2) is 0 Å². The van der Waals surface area contributed by atoms with Crippen LogP contribution in [0.3, 0.4) is 0 Å². The molecule has 2 aromatic heterocycles. The number of imidazole rings is 1. The average Bonchev–Trinajstić information content (AvgIpc) is 2.92. The van der Waals surface area contributed by atoms with Crippen molar-refractivity contribution >= 4 is 17.5 Å². The fourth-order valence-electron chi connectivity index (χ4n) is 1.60. The first-order chi connectivity index (χ1) is 8.71. The molecule has 7 nitrogen and oxygen atoms in total. The summed E-state index contributed by atoms with van der Waals surface area (Å²) in [5.41, 5.74) is -0.295. The van der Waals surface area contributed by atoms with Crippen LogP contribution < -0.4 is 5.32 Å². The van der Waals surface area contributed by atoms with E-state index in [0.717, 1.165) is 12.8 Å². The summed E-state index contributed by atoms with van der Waals surface area (Å²) in [4.78, 5) is 16.2. The first kappa shape index (κ1) is 11.4. The second-order valence-corrected chi connectivity index (χ2v) is 4.60. The van der Waals surface area contributed by atoms with Crippen LogP contribution in [0.15, 0.2) is 18.7 Å². The van der Waals surface area contributed by atoms with Gasteiger partial charge in [0.05, 0.1) is 12.1 Å². The van der Waals surface area contributed by atoms with Gasteiger partial charge in [-0.25, -0.2) is 4.98 Å². The van der Waals surface area contributed by atoms with Crippen LogP contribution in [-0.2, 0) is 0 Å². The number of anilines is 1. The van der Waals surface area contributed by atoms with E-state index in [0.29, 0.717) is 11.9 Å². The third kappa shape index (κ3) is 2.14. The van der Waals surface area contributed by atoms with Crippen LogP contribution in [0.1, 0.15) is 12.8 Å². The Kier molecular flexibility index (Phi) is 2.64. The Morgan fingerprint density at radius 2 is 2.22 bits per heavy atom. The molecule has 1 saturated carbocycles. The standard InChI is InChI=1S/C10H11ClN6O/c11-7-13-8(16-10(5-18)1-2-10)15-9(14-7)17-4-3-12-6-17/h3-4,6,18H,1-2,5H2,(H,13,14,15,16). The van der Waals surface area contributed by atoms with Crippen molar-refractivity contribution in [3.8, 4) is 5.95 Å². The lowest BCUT2D eigenvalue weighted by Gasteiger charge is -2.14. The molecule has 18 heavy (non-hydrogen) atoms. The molecule has 0 amide bonds. The predicted molar refractivity (Wildman–Crippen MR) is 64.6 cm³/mol. The fourth-order valence-corrected chi connectivity index (χ4v) is 1.75. The molecule has 0 aliphatic heterocycles. The third-order valence-corrected chi connectivity index (χ3v) is 3.03. The van der Waals surface area contributed by atoms with Crippen LogP contribution in [0, 0.1) is 0 Å². The average molecular weight is 267 g/mol. The van der Waals surface area contributed by atoms with Crippen LogP contribution in [0.4, 0.5) is 5.95 Å². The number of nitrogens with one attached hydrogen (secondary N) is 1. The highest BCUT2D eigenvalue weighted by atomic mass is 35.5. The Labute approximate surface area is 108 Å². The fraction of sp³-hybridized carbons (Fsp3) is 0.400. The normalized spacial score (nSPS) is 16.6. The number of nitrogens with zero attached hydrogens (tertiary/aromatic N) is 5. The summed E-state index contributed by atoms with van der Waals surface area (Å²) in [6.07, 6.45) is 6.71. The maximum Gasteiger partial charge on any atom is 0.241 e. The summed E-state index contributed by atoms with van der Waals surface area (Å²) in [6.45, 7) is 0.0523. The highest BCUT2D eigenvalue weighted by molar-refractivity contribution is 6.28. The van der Waals surface area contributed by atoms with Gasteiger partial charge in [0, 0.05) is 12.4 Å². The van der Waals surface area contributed by atoms with E-state index in [2.05, 4.69) is 25.3 Å². The molecule has 0 saturated heterocycles. The SMILES string of the molecule is OCC1(Nc2nc(Cl)nc(-n3ccnc3)n2)CC1. The van der Waals surface area contributed by atoms with Crippen molar-refractivity contribution in [2.75, 3.05) is 11.9 Å². The van der Waals surface area contributed by atoms with Crippen LogP contribution in [0.25, 0.3) is 5.95 Å². The van der Waals surface area contributed by atoms with Crippen molar-refractivity contribution in [2.24, 2.45) is 0 Å². The van der Waals surface area contributed by atoms with Crippen molar-refractivity contribution in [2.45, 2.75) is 18.4 Å². The quantitative estimate of drug-likeness (QED) is 0.845. The number of hydrogen-bond acceptors (Lipinski definition) is 6. The minimum atomic E-state index is -0.295. The van der Waals surface area contributed by atoms with Crippen molar-refractivity contribution in [1.82, 2.24) is 24.5 Å². The third-order valence-electron chi connectivity index (χ3n) is 2.86. The molecule has 0 radical (unpaired) electrons. The second-order valence-electron chi connectivity index (χ2n) is 4.26. The molecule has 1 aliphatic rings. The number of aliphatic hydroxyl groups is 1. The minimum absolute atomic E-state index is 0.0523. The smallest absolute Gasteiger partial charge is 0.241 e. The molecular formula is C10H11ClN6O. The number of aromatic nitrogens is 5. The van der Waals surface area contributed by atoms with E-state index in [-0.39, 0.29) is 17.4 Å². The van der Waals surface area contributed by atoms with Crippen molar-refractivity contribution < 1.29 is 5.11 Å². The first-order valence-corrected chi connectivity index (χ1v) is 5.88. The van der Waals surface area contributed by atoms with Crippen LogP contribution in [0.5, 0.6) is 0 Å². The lowest BCUT2D eigenvalue weighted by Crippen LogP contribution is -2.27. The summed E-state index contributed by atoms with van der Waals surface area (Å²) in [5.74, 6) is 0.758. The zero-order valence-electron chi connectivity index (χ0n) is 9.41. The van der Waals surface area contributed by atoms with Gasteiger partial charge in [0.1, 0.15) is 6.33 Å². The number of hydrogen-bond donors (Lipinski definition) is 2. The maximum atomic E-state index is 9.26. The van der Waals surface area contributed by atoms with Gasteiger partial charge in [0.25, 0.3) is 0 Å². The lowest BCUT2D eigenvalue weighted by molar-refractivity contribution is 0.265. The minimum Gasteiger partial charge on any atom is -0.394 e. The molecule has 2 N–H and O–H groups in total. The van der Waals surface area contributed by atoms with E-state index in [1.54, 1.807) is 23.3 Å². The van der Waals surface area contributed by atoms with E-state index >= 15 is 0 Å². The van der Waals surface area contributed by atoms with E-state index in [9.17, 15) is 5.11 Å². The van der Waals surface area contributed by atoms with E-state index in [1.807, 2.05) is 0 Å². The highest BCUT2D eigenvalue weighted by Crippen LogP contribution is 2.37. The first-order valence-electron chi connectivity index (χ1n) is 5.50. The van der Waals surface area contributed by atoms with Gasteiger partial charge in [-0.15, -0.1) is 0 Å². The van der Waals surface area contributed by atoms with Crippen LogP contribution in [-0.4, -0.2) is 41.8 Å². The Morgan fingerprint density at radius 1 is 1.39 bits per heavy atom. The Hall–Kier alpha value is -1.73. The molecule has 8 heteroatoms. The Balaban J connectivity index is 1.91. The molecule has 0 atom stereocenters. The summed E-state index contributed by atoms with van der Waals surface area (Å²) in [6, 6.07) is 0. The second kappa shape index (κ2) is 4.18. The molecule has 0 unspecified atom stereocenters. The molecule has 1 aliphatic carbocycles. The molecule has 0 spiro atoms. The molecule has 0 aromatic carbocycles. The maximum absolute atomic E-state index is 9.26. The Bertz CT molecular complexity index is 554. The van der Waals surface area contributed by atoms with Gasteiger partial charge in [-0.3, -0.25) is 4.57 Å². The summed E-state index contributed by atoms with van der Waals surface area (Å²) >= 11 is 5.86. The summed E-state index contributed by atoms with van der Waals surface area (Å²) in [5, 5.41) is 12.5. The molecule has 2 heterocycles. The molecule has 94 valence electrons. The molecule has 3 rings (SSSR count). The molecule has 1 fully saturated rings. The topological polar surface area (TPSA) is 88.8 Å². The molecule has 0 bridgehead atoms. The molecule has 2 aromatic rings. The van der Waals surface area contributed by atoms with E-state index in [1.165, 1.54) is 0 Å². The largest absolute Gasteiger partial charge is 0.394 e.